The molecule has 0 saturated heterocycles. The summed E-state index contributed by atoms with van der Waals surface area (Å²) in [4.78, 5) is 98.1. The normalized spacial score (nSPS) is 12.2. The van der Waals surface area contributed by atoms with Crippen molar-refractivity contribution in [3.05, 3.63) is 0 Å². The highest BCUT2D eigenvalue weighted by Gasteiger charge is 2.26. The van der Waals surface area contributed by atoms with E-state index >= 15 is 0 Å². The summed E-state index contributed by atoms with van der Waals surface area (Å²) < 4.78 is 70.2. The number of hydrogen-bond donors (Lipinski definition) is 11. The van der Waals surface area contributed by atoms with E-state index in [1.165, 1.54) is 0 Å². The van der Waals surface area contributed by atoms with Crippen molar-refractivity contribution >= 4 is 72.5 Å². The van der Waals surface area contributed by atoms with Crippen molar-refractivity contribution in [1.82, 2.24) is 37.2 Å². The van der Waals surface area contributed by atoms with Crippen LogP contribution in [0, 0.1) is 0 Å². The minimum atomic E-state index is -1.13. The molecule has 0 spiro atoms. The van der Waals surface area contributed by atoms with E-state index in [0.29, 0.717) is 125 Å². The van der Waals surface area contributed by atoms with Gasteiger partial charge in [-0.1, -0.05) is 0 Å². The number of rotatable bonds is 60. The molecule has 0 heterocycles. The molecule has 0 fully saturated rings. The Hall–Kier alpha value is -4.10. The van der Waals surface area contributed by atoms with Crippen LogP contribution in [0.2, 0.25) is 0 Å². The fourth-order valence-electron chi connectivity index (χ4n) is 5.98. The number of methoxy groups -OCH3 is 1. The first-order valence-electron chi connectivity index (χ1n) is 27.0. The molecule has 0 aliphatic heterocycles. The molecule has 3 atom stereocenters. The molecular weight excluding hydrogens is 1110 g/mol. The van der Waals surface area contributed by atoms with Crippen LogP contribution in [-0.4, -0.2) is 282 Å². The maximum Gasteiger partial charge on any atom is 0.243 e. The predicted molar refractivity (Wildman–Crippen MR) is 299 cm³/mol. The largest absolute Gasteiger partial charge is 0.382 e. The number of primary amides is 1. The number of unbranched alkanes of at least 4 members (excludes halogenated alkanes) is 1. The maximum absolute atomic E-state index is 13.5. The Morgan fingerprint density at radius 2 is 0.753 bits per heavy atom. The van der Waals surface area contributed by atoms with Crippen LogP contribution in [0.4, 0.5) is 0 Å². The van der Waals surface area contributed by atoms with Crippen LogP contribution in [0.25, 0.3) is 0 Å². The summed E-state index contributed by atoms with van der Waals surface area (Å²) in [6, 6.07) is -3.04. The van der Waals surface area contributed by atoms with Gasteiger partial charge in [0.25, 0.3) is 0 Å². The molecule has 8 amide bonds. The summed E-state index contributed by atoms with van der Waals surface area (Å²) in [5.74, 6) is -4.40. The van der Waals surface area contributed by atoms with Crippen LogP contribution in [-0.2, 0) is 99.9 Å². The van der Waals surface area contributed by atoms with E-state index in [2.05, 4.69) is 62.5 Å². The highest BCUT2D eigenvalue weighted by Crippen LogP contribution is 2.04. The van der Waals surface area contributed by atoms with Gasteiger partial charge in [-0.15, -0.1) is 0 Å². The minimum absolute atomic E-state index is 0.0526. The van der Waals surface area contributed by atoms with E-state index in [1.54, 1.807) is 7.11 Å². The first kappa shape index (κ1) is 76.9. The van der Waals surface area contributed by atoms with Crippen LogP contribution in [0.1, 0.15) is 32.1 Å². The van der Waals surface area contributed by atoms with Gasteiger partial charge in [0.1, 0.15) is 18.1 Å². The van der Waals surface area contributed by atoms with Gasteiger partial charge in [-0.3, -0.25) is 38.4 Å². The molecule has 0 aromatic heterocycles. The summed E-state index contributed by atoms with van der Waals surface area (Å²) in [6.07, 6.45) is 1.10. The van der Waals surface area contributed by atoms with Crippen molar-refractivity contribution in [3.8, 4) is 0 Å². The van der Waals surface area contributed by atoms with Crippen molar-refractivity contribution in [3.63, 3.8) is 0 Å². The Labute approximate surface area is 486 Å². The second kappa shape index (κ2) is 57.7. The maximum atomic E-state index is 13.5. The second-order valence-corrected chi connectivity index (χ2v) is 17.5. The lowest BCUT2D eigenvalue weighted by Crippen LogP contribution is -2.55. The number of hydrogen-bond acceptors (Lipinski definition) is 24. The monoisotopic (exact) mass is 1210 g/mol. The Morgan fingerprint density at radius 3 is 1.17 bits per heavy atom. The number of ether oxygens (including phenoxy) is 13. The van der Waals surface area contributed by atoms with Crippen LogP contribution in [0.3, 0.4) is 0 Å². The molecule has 0 aliphatic rings. The number of thiol groups is 2. The Kier molecular flexibility index (Phi) is 54.8. The molecule has 0 rings (SSSR count). The Balaban J connectivity index is 4.32. The topological polar surface area (TPSA) is 393 Å². The summed E-state index contributed by atoms with van der Waals surface area (Å²) in [5.41, 5.74) is 10.4. The Morgan fingerprint density at radius 1 is 0.370 bits per heavy atom. The third-order valence-corrected chi connectivity index (χ3v) is 11.0. The van der Waals surface area contributed by atoms with E-state index in [4.69, 9.17) is 73.0 Å². The first-order chi connectivity index (χ1) is 39.4. The highest BCUT2D eigenvalue weighted by atomic mass is 32.1. The zero-order chi connectivity index (χ0) is 59.7. The summed E-state index contributed by atoms with van der Waals surface area (Å²) >= 11 is 8.20. The fourth-order valence-corrected chi connectivity index (χ4v) is 6.51. The minimum Gasteiger partial charge on any atom is -0.382 e. The number of carbonyl (C=O) groups is 8. The van der Waals surface area contributed by atoms with Crippen LogP contribution in [0.5, 0.6) is 0 Å². The smallest absolute Gasteiger partial charge is 0.243 e. The fraction of sp³-hybridized carbons (Fsp3) is 0.837. The van der Waals surface area contributed by atoms with Gasteiger partial charge in [0.05, 0.1) is 185 Å². The molecule has 0 aliphatic carbocycles. The van der Waals surface area contributed by atoms with Gasteiger partial charge < -0.3 is 110 Å². The molecule has 0 aromatic rings. The van der Waals surface area contributed by atoms with Crippen molar-refractivity contribution in [2.75, 3.05) is 217 Å². The third kappa shape index (κ3) is 51.3. The van der Waals surface area contributed by atoms with Crippen molar-refractivity contribution in [2.24, 2.45) is 11.5 Å². The van der Waals surface area contributed by atoms with E-state index < -0.39 is 66.7 Å². The standard InChI is InChI=1S/C49H93N9O21S2/c1-67-12-13-71-20-21-75-26-27-77-30-31-79-33-32-78-29-28-76-25-23-72-17-14-68-9-5-42(59)52-7-3-2-4-39(56-46(63)36-55-45(62)35-54-44(61)34-50)49(66)58-41(38-81)48(65)53-8-11-70-16-19-74-24-22-73-18-15-69-10-6-43(60)57-40(37-80)47(51)64/h39-41,80-81H,2-38,50H2,1H3,(H2,51,64)(H,52,59)(H,53,65)(H,54,61)(H,55,62)(H,56,63)(H,57,60)(H,58,66)/t39-,40-,41-/m0/s1. The molecule has 472 valence electrons. The first-order valence-corrected chi connectivity index (χ1v) is 28.2. The number of nitrogens with two attached hydrogens (primary N) is 2. The van der Waals surface area contributed by atoms with E-state index in [1.807, 2.05) is 0 Å². The zero-order valence-electron chi connectivity index (χ0n) is 47.0. The number of nitrogens with one attached hydrogen (secondary N) is 7. The molecule has 32 heteroatoms. The van der Waals surface area contributed by atoms with E-state index in [0.717, 1.165) is 0 Å². The van der Waals surface area contributed by atoms with Crippen LogP contribution in [0.15, 0.2) is 0 Å². The lowest BCUT2D eigenvalue weighted by molar-refractivity contribution is -0.132. The Bertz CT molecular complexity index is 1640. The average molecular weight is 1210 g/mol. The molecule has 81 heavy (non-hydrogen) atoms. The molecule has 0 unspecified atom stereocenters. The third-order valence-electron chi connectivity index (χ3n) is 10.3. The van der Waals surface area contributed by atoms with Gasteiger partial charge >= 0.3 is 0 Å². The van der Waals surface area contributed by atoms with Crippen molar-refractivity contribution in [1.29, 1.82) is 0 Å². The quantitative estimate of drug-likeness (QED) is 0.0201. The van der Waals surface area contributed by atoms with Gasteiger partial charge in [0, 0.05) is 44.5 Å². The van der Waals surface area contributed by atoms with Gasteiger partial charge in [0.15, 0.2) is 0 Å². The van der Waals surface area contributed by atoms with Gasteiger partial charge in [-0.2, -0.15) is 25.3 Å². The second-order valence-electron chi connectivity index (χ2n) is 16.8. The lowest BCUT2D eigenvalue weighted by Gasteiger charge is -2.22. The van der Waals surface area contributed by atoms with Gasteiger partial charge in [-0.05, 0) is 19.3 Å². The SMILES string of the molecule is COCCOCCOCCOCCOCCOCCOCCOCCOCCC(=O)NCCCC[C@H](NC(=O)CNC(=O)CNC(=O)CN)C(=O)N[C@@H](CS)C(=O)NCCOCCOCCOCCOCCC(=O)N[C@@H](CS)C(N)=O. The van der Waals surface area contributed by atoms with Crippen molar-refractivity contribution in [2.45, 2.75) is 50.2 Å². The summed E-state index contributed by atoms with van der Waals surface area (Å²) in [7, 11) is 1.62. The highest BCUT2D eigenvalue weighted by molar-refractivity contribution is 7.80. The molecule has 30 nitrogen and oxygen atoms in total. The number of carbonyl (C=O) groups excluding carboxylic acids is 8. The van der Waals surface area contributed by atoms with Crippen LogP contribution < -0.4 is 48.7 Å². The van der Waals surface area contributed by atoms with Crippen LogP contribution >= 0.6 is 25.3 Å². The predicted octanol–water partition coefficient (Wildman–Crippen LogP) is -4.99. The molecular formula is C49H93N9O21S2. The summed E-state index contributed by atoms with van der Waals surface area (Å²) in [5, 5.41) is 17.7. The molecule has 0 saturated carbocycles. The molecule has 0 radical (unpaired) electrons. The van der Waals surface area contributed by atoms with E-state index in [9.17, 15) is 38.4 Å². The van der Waals surface area contributed by atoms with Gasteiger partial charge in [0.2, 0.25) is 47.3 Å². The summed E-state index contributed by atoms with van der Waals surface area (Å²) in [6.45, 7) is 8.35. The molecule has 0 aromatic carbocycles. The van der Waals surface area contributed by atoms with Crippen molar-refractivity contribution < 1.29 is 99.9 Å². The zero-order valence-corrected chi connectivity index (χ0v) is 48.8. The number of amides is 8. The molecule has 11 N–H and O–H groups in total. The lowest BCUT2D eigenvalue weighted by atomic mass is 10.1. The molecule has 0 bridgehead atoms. The average Bonchev–Trinajstić information content (AvgIpc) is 3.45. The van der Waals surface area contributed by atoms with E-state index in [-0.39, 0.29) is 115 Å². The van der Waals surface area contributed by atoms with Gasteiger partial charge in [-0.25, -0.2) is 0 Å².